The number of ether oxygens (including phenoxy) is 1. The summed E-state index contributed by atoms with van der Waals surface area (Å²) < 4.78 is 6.47. The van der Waals surface area contributed by atoms with Crippen LogP contribution in [0.5, 0.6) is 0 Å². The van der Waals surface area contributed by atoms with Crippen LogP contribution in [0.15, 0.2) is 11.0 Å². The van der Waals surface area contributed by atoms with E-state index in [-0.39, 0.29) is 24.5 Å². The third-order valence-electron chi connectivity index (χ3n) is 2.71. The molecule has 1 aliphatic heterocycles. The molecule has 1 aliphatic rings. The third-order valence-corrected chi connectivity index (χ3v) is 2.71. The molecule has 1 fully saturated rings. The average molecular weight is 242 g/mol. The molecule has 0 bridgehead atoms. The van der Waals surface area contributed by atoms with Crippen molar-refractivity contribution in [2.75, 3.05) is 18.1 Å². The summed E-state index contributed by atoms with van der Waals surface area (Å²) in [5.74, 6) is -0.0384. The van der Waals surface area contributed by atoms with Crippen molar-refractivity contribution < 1.29 is 14.9 Å². The van der Waals surface area contributed by atoms with Gasteiger partial charge in [-0.15, -0.1) is 0 Å². The van der Waals surface area contributed by atoms with E-state index in [1.54, 1.807) is 0 Å². The molecule has 0 saturated carbocycles. The van der Waals surface area contributed by atoms with E-state index >= 15 is 0 Å². The lowest BCUT2D eigenvalue weighted by atomic mass is 10.2. The molecule has 2 rings (SSSR count). The second-order valence-electron chi connectivity index (χ2n) is 3.89. The van der Waals surface area contributed by atoms with Gasteiger partial charge in [-0.1, -0.05) is 0 Å². The van der Waals surface area contributed by atoms with Gasteiger partial charge in [0.25, 0.3) is 0 Å². The van der Waals surface area contributed by atoms with Gasteiger partial charge in [0.15, 0.2) is 5.82 Å². The summed E-state index contributed by atoms with van der Waals surface area (Å²) in [6.45, 7) is -0.315. The molecule has 0 aliphatic carbocycles. The highest BCUT2D eigenvalue weighted by molar-refractivity contribution is 5.55. The number of hydrogen-bond acceptors (Lipinski definition) is 7. The second-order valence-corrected chi connectivity index (χ2v) is 3.89. The van der Waals surface area contributed by atoms with Crippen LogP contribution in [-0.2, 0) is 4.74 Å². The first kappa shape index (κ1) is 11.8. The topological polar surface area (TPSA) is 137 Å². The zero-order valence-corrected chi connectivity index (χ0v) is 8.98. The molecule has 6 N–H and O–H groups in total. The molecule has 8 heteroatoms. The molecule has 94 valence electrons. The third kappa shape index (κ3) is 2.09. The van der Waals surface area contributed by atoms with E-state index in [0.29, 0.717) is 0 Å². The van der Waals surface area contributed by atoms with E-state index in [1.165, 1.54) is 6.20 Å². The zero-order chi connectivity index (χ0) is 12.6. The Balaban J connectivity index is 2.30. The van der Waals surface area contributed by atoms with Crippen LogP contribution in [0.25, 0.3) is 0 Å². The SMILES string of the molecule is Nc1cn([C@H]2CC(O)[C@@H](CO)O2)c(=O)nc1N. The molecular formula is C9H14N4O4. The Morgan fingerprint density at radius 3 is 2.88 bits per heavy atom. The van der Waals surface area contributed by atoms with Gasteiger partial charge in [-0.3, -0.25) is 4.57 Å². The van der Waals surface area contributed by atoms with E-state index < -0.39 is 24.1 Å². The van der Waals surface area contributed by atoms with Gasteiger partial charge in [0.05, 0.1) is 18.4 Å². The summed E-state index contributed by atoms with van der Waals surface area (Å²) in [6, 6.07) is 0. The van der Waals surface area contributed by atoms with E-state index in [0.717, 1.165) is 4.57 Å². The number of nitrogens with zero attached hydrogens (tertiary/aromatic N) is 2. The lowest BCUT2D eigenvalue weighted by molar-refractivity contribution is -0.0458. The highest BCUT2D eigenvalue weighted by Crippen LogP contribution is 2.27. The molecule has 17 heavy (non-hydrogen) atoms. The van der Waals surface area contributed by atoms with Crippen molar-refractivity contribution in [1.29, 1.82) is 0 Å². The maximum absolute atomic E-state index is 11.6. The van der Waals surface area contributed by atoms with Crippen molar-refractivity contribution in [3.8, 4) is 0 Å². The number of nitrogens with two attached hydrogens (primary N) is 2. The smallest absolute Gasteiger partial charge is 0.351 e. The first-order valence-corrected chi connectivity index (χ1v) is 5.11. The van der Waals surface area contributed by atoms with Gasteiger partial charge in [0.1, 0.15) is 12.3 Å². The summed E-state index contributed by atoms with van der Waals surface area (Å²) in [5.41, 5.74) is 10.5. The van der Waals surface area contributed by atoms with Crippen LogP contribution in [0.4, 0.5) is 11.5 Å². The van der Waals surface area contributed by atoms with E-state index in [9.17, 15) is 9.90 Å². The Bertz CT molecular complexity index is 475. The number of hydrogen-bond donors (Lipinski definition) is 4. The van der Waals surface area contributed by atoms with Crippen LogP contribution in [-0.4, -0.2) is 38.6 Å². The van der Waals surface area contributed by atoms with Gasteiger partial charge >= 0.3 is 5.69 Å². The van der Waals surface area contributed by atoms with Crippen molar-refractivity contribution in [1.82, 2.24) is 9.55 Å². The summed E-state index contributed by atoms with van der Waals surface area (Å²) in [6.07, 6.45) is -0.704. The highest BCUT2D eigenvalue weighted by atomic mass is 16.5. The number of aromatic nitrogens is 2. The predicted molar refractivity (Wildman–Crippen MR) is 58.9 cm³/mol. The highest BCUT2D eigenvalue weighted by Gasteiger charge is 2.35. The molecule has 0 spiro atoms. The minimum absolute atomic E-state index is 0.0384. The molecule has 1 aromatic rings. The van der Waals surface area contributed by atoms with Crippen LogP contribution < -0.4 is 17.2 Å². The monoisotopic (exact) mass is 242 g/mol. The Hall–Kier alpha value is -1.64. The van der Waals surface area contributed by atoms with E-state index in [4.69, 9.17) is 21.3 Å². The summed E-state index contributed by atoms with van der Waals surface area (Å²) in [4.78, 5) is 15.1. The van der Waals surface area contributed by atoms with Crippen LogP contribution in [0, 0.1) is 0 Å². The van der Waals surface area contributed by atoms with Crippen molar-refractivity contribution in [3.05, 3.63) is 16.7 Å². The van der Waals surface area contributed by atoms with Gasteiger partial charge in [-0.2, -0.15) is 4.98 Å². The molecule has 0 aromatic carbocycles. The Kier molecular flexibility index (Phi) is 3.01. The quantitative estimate of drug-likeness (QED) is 0.473. The van der Waals surface area contributed by atoms with Crippen LogP contribution in [0.2, 0.25) is 0 Å². The zero-order valence-electron chi connectivity index (χ0n) is 8.98. The summed E-state index contributed by atoms with van der Waals surface area (Å²) in [7, 11) is 0. The Morgan fingerprint density at radius 1 is 1.59 bits per heavy atom. The first-order chi connectivity index (χ1) is 8.02. The van der Waals surface area contributed by atoms with Crippen molar-refractivity contribution in [2.45, 2.75) is 24.9 Å². The number of aliphatic hydroxyl groups is 2. The van der Waals surface area contributed by atoms with E-state index in [1.807, 2.05) is 0 Å². The van der Waals surface area contributed by atoms with Crippen LogP contribution in [0.3, 0.4) is 0 Å². The average Bonchev–Trinajstić information content (AvgIpc) is 2.65. The van der Waals surface area contributed by atoms with Gasteiger partial charge in [0.2, 0.25) is 0 Å². The fraction of sp³-hybridized carbons (Fsp3) is 0.556. The molecule has 1 aromatic heterocycles. The Labute approximate surface area is 96.4 Å². The fourth-order valence-electron chi connectivity index (χ4n) is 1.75. The number of nitrogen functional groups attached to an aromatic ring is 2. The number of aliphatic hydroxyl groups excluding tert-OH is 2. The van der Waals surface area contributed by atoms with Crippen molar-refractivity contribution >= 4 is 11.5 Å². The largest absolute Gasteiger partial charge is 0.395 e. The summed E-state index contributed by atoms with van der Waals surface area (Å²) in [5, 5.41) is 18.5. The molecule has 0 radical (unpaired) electrons. The number of anilines is 2. The maximum atomic E-state index is 11.6. The normalized spacial score (nSPS) is 28.5. The second kappa shape index (κ2) is 4.32. The van der Waals surface area contributed by atoms with Crippen LogP contribution >= 0.6 is 0 Å². The predicted octanol–water partition coefficient (Wildman–Crippen LogP) is -1.95. The molecule has 1 saturated heterocycles. The van der Waals surface area contributed by atoms with Gasteiger partial charge in [-0.25, -0.2) is 4.79 Å². The molecule has 2 heterocycles. The van der Waals surface area contributed by atoms with Crippen molar-refractivity contribution in [3.63, 3.8) is 0 Å². The number of rotatable bonds is 2. The molecule has 8 nitrogen and oxygen atoms in total. The summed E-state index contributed by atoms with van der Waals surface area (Å²) >= 11 is 0. The van der Waals surface area contributed by atoms with Crippen LogP contribution in [0.1, 0.15) is 12.6 Å². The minimum Gasteiger partial charge on any atom is -0.395 e. The fourth-order valence-corrected chi connectivity index (χ4v) is 1.75. The standard InChI is InChI=1S/C9H14N4O4/c10-4-2-13(9(16)12-8(4)11)7-1-5(15)6(3-14)17-7/h2,5-7,14-15H,1,3,10H2,(H2,11,12,16)/t5?,6-,7-/m1/s1. The minimum atomic E-state index is -0.823. The maximum Gasteiger partial charge on any atom is 0.351 e. The first-order valence-electron chi connectivity index (χ1n) is 5.11. The Morgan fingerprint density at radius 2 is 2.29 bits per heavy atom. The molecular weight excluding hydrogens is 228 g/mol. The van der Waals surface area contributed by atoms with E-state index in [2.05, 4.69) is 4.98 Å². The molecule has 0 amide bonds. The van der Waals surface area contributed by atoms with Crippen molar-refractivity contribution in [2.24, 2.45) is 0 Å². The van der Waals surface area contributed by atoms with Gasteiger partial charge in [0, 0.05) is 12.6 Å². The van der Waals surface area contributed by atoms with Gasteiger partial charge in [-0.05, 0) is 0 Å². The van der Waals surface area contributed by atoms with Gasteiger partial charge < -0.3 is 26.4 Å². The molecule has 1 unspecified atom stereocenters. The molecule has 3 atom stereocenters. The lowest BCUT2D eigenvalue weighted by Gasteiger charge is -2.14. The lowest BCUT2D eigenvalue weighted by Crippen LogP contribution is -2.28.